The van der Waals surface area contributed by atoms with Crippen LogP contribution in [0.5, 0.6) is 0 Å². The van der Waals surface area contributed by atoms with Crippen LogP contribution < -0.4 is 10.6 Å². The lowest BCUT2D eigenvalue weighted by atomic mass is 10.2. The summed E-state index contributed by atoms with van der Waals surface area (Å²) >= 11 is 7.18. The summed E-state index contributed by atoms with van der Waals surface area (Å²) in [6.07, 6.45) is 1.23. The van der Waals surface area contributed by atoms with Crippen molar-refractivity contribution in [1.82, 2.24) is 14.1 Å². The molecule has 7 heteroatoms. The molecule has 0 radical (unpaired) electrons. The highest BCUT2D eigenvalue weighted by Crippen LogP contribution is 2.29. The molecule has 1 heterocycles. The molecule has 1 aromatic heterocycles. The molecule has 0 aliphatic heterocycles. The third-order valence-electron chi connectivity index (χ3n) is 2.47. The molecule has 18 heavy (non-hydrogen) atoms. The topological polar surface area (TPSA) is 66.9 Å². The average Bonchev–Trinajstić information content (AvgIpc) is 2.82. The van der Waals surface area contributed by atoms with E-state index in [1.807, 2.05) is 7.05 Å². The number of anilines is 1. The van der Waals surface area contributed by atoms with Gasteiger partial charge in [-0.2, -0.15) is 8.75 Å². The number of hydrogen-bond donors (Lipinski definition) is 2. The summed E-state index contributed by atoms with van der Waals surface area (Å²) in [6, 6.07) is 3.51. The zero-order valence-electron chi connectivity index (χ0n) is 9.86. The number of nitrogens with one attached hydrogen (secondary N) is 2. The van der Waals surface area contributed by atoms with E-state index in [4.69, 9.17) is 11.6 Å². The number of fused-ring (bicyclic) bond motifs is 1. The standard InChI is InChI=1S/C11H13ClN4OS/c1-13-6-2-3-9(17)14-10-7(12)4-5-8-11(10)16-18-15-8/h4-5,13H,2-3,6H2,1H3,(H,14,17). The summed E-state index contributed by atoms with van der Waals surface area (Å²) in [6.45, 7) is 0.809. The van der Waals surface area contributed by atoms with Gasteiger partial charge in [0, 0.05) is 6.42 Å². The van der Waals surface area contributed by atoms with E-state index in [1.165, 1.54) is 0 Å². The maximum absolute atomic E-state index is 11.8. The van der Waals surface area contributed by atoms with Crippen molar-refractivity contribution in [2.75, 3.05) is 18.9 Å². The number of benzene rings is 1. The highest BCUT2D eigenvalue weighted by atomic mass is 35.5. The molecule has 0 bridgehead atoms. The smallest absolute Gasteiger partial charge is 0.224 e. The fourth-order valence-corrected chi connectivity index (χ4v) is 2.32. The maximum Gasteiger partial charge on any atom is 0.224 e. The van der Waals surface area contributed by atoms with Crippen molar-refractivity contribution >= 4 is 46.0 Å². The second kappa shape index (κ2) is 6.08. The molecule has 0 aliphatic carbocycles. The molecule has 5 nitrogen and oxygen atoms in total. The SMILES string of the molecule is CNCCCC(=O)Nc1c(Cl)ccc2nsnc12. The zero-order valence-corrected chi connectivity index (χ0v) is 11.4. The molecular weight excluding hydrogens is 272 g/mol. The van der Waals surface area contributed by atoms with Gasteiger partial charge in [0.15, 0.2) is 0 Å². The van der Waals surface area contributed by atoms with Gasteiger partial charge in [0.2, 0.25) is 5.91 Å². The number of carbonyl (C=O) groups is 1. The first-order chi connectivity index (χ1) is 8.72. The van der Waals surface area contributed by atoms with Crippen molar-refractivity contribution in [2.24, 2.45) is 0 Å². The number of carbonyl (C=O) groups excluding carboxylic acids is 1. The molecule has 1 amide bonds. The van der Waals surface area contributed by atoms with E-state index < -0.39 is 0 Å². The van der Waals surface area contributed by atoms with Crippen LogP contribution >= 0.6 is 23.3 Å². The van der Waals surface area contributed by atoms with E-state index in [0.717, 1.165) is 30.2 Å². The van der Waals surface area contributed by atoms with Crippen molar-refractivity contribution in [3.63, 3.8) is 0 Å². The first kappa shape index (κ1) is 13.2. The average molecular weight is 285 g/mol. The molecule has 0 unspecified atom stereocenters. The predicted octanol–water partition coefficient (Wildman–Crippen LogP) is 2.28. The monoisotopic (exact) mass is 284 g/mol. The van der Waals surface area contributed by atoms with Crippen molar-refractivity contribution < 1.29 is 4.79 Å². The largest absolute Gasteiger partial charge is 0.323 e. The first-order valence-corrected chi connectivity index (χ1v) is 6.68. The number of halogens is 1. The van der Waals surface area contributed by atoms with E-state index >= 15 is 0 Å². The van der Waals surface area contributed by atoms with E-state index in [9.17, 15) is 4.79 Å². The van der Waals surface area contributed by atoms with Gasteiger partial charge in [0.25, 0.3) is 0 Å². The molecule has 0 spiro atoms. The fourth-order valence-electron chi connectivity index (χ4n) is 1.57. The Kier molecular flexibility index (Phi) is 4.46. The van der Waals surface area contributed by atoms with Crippen molar-refractivity contribution in [3.8, 4) is 0 Å². The molecule has 1 aromatic carbocycles. The summed E-state index contributed by atoms with van der Waals surface area (Å²) in [5, 5.41) is 6.28. The van der Waals surface area contributed by atoms with Crippen molar-refractivity contribution in [2.45, 2.75) is 12.8 Å². The van der Waals surface area contributed by atoms with Crippen LogP contribution in [0.3, 0.4) is 0 Å². The number of hydrogen-bond acceptors (Lipinski definition) is 5. The van der Waals surface area contributed by atoms with Crippen LogP contribution in [0, 0.1) is 0 Å². The van der Waals surface area contributed by atoms with E-state index in [0.29, 0.717) is 22.6 Å². The fraction of sp³-hybridized carbons (Fsp3) is 0.364. The van der Waals surface area contributed by atoms with Gasteiger partial charge in [-0.1, -0.05) is 11.6 Å². The van der Waals surface area contributed by atoms with E-state index in [-0.39, 0.29) is 5.91 Å². The minimum absolute atomic E-state index is 0.0624. The highest BCUT2D eigenvalue weighted by Gasteiger charge is 2.12. The molecule has 0 fully saturated rings. The lowest BCUT2D eigenvalue weighted by molar-refractivity contribution is -0.116. The summed E-state index contributed by atoms with van der Waals surface area (Å²) in [7, 11) is 1.86. The lowest BCUT2D eigenvalue weighted by Crippen LogP contribution is -2.15. The van der Waals surface area contributed by atoms with Crippen LogP contribution in [0.4, 0.5) is 5.69 Å². The molecule has 0 saturated carbocycles. The molecule has 2 rings (SSSR count). The number of nitrogens with zero attached hydrogens (tertiary/aromatic N) is 2. The van der Waals surface area contributed by atoms with Gasteiger partial charge in [0.05, 0.1) is 22.4 Å². The number of aromatic nitrogens is 2. The molecule has 96 valence electrons. The van der Waals surface area contributed by atoms with Gasteiger partial charge < -0.3 is 10.6 Å². The van der Waals surface area contributed by atoms with Gasteiger partial charge in [-0.05, 0) is 32.1 Å². The molecule has 0 atom stereocenters. The Morgan fingerprint density at radius 2 is 2.28 bits per heavy atom. The third kappa shape index (κ3) is 2.95. The normalized spacial score (nSPS) is 10.8. The van der Waals surface area contributed by atoms with Gasteiger partial charge in [0.1, 0.15) is 11.0 Å². The van der Waals surface area contributed by atoms with Gasteiger partial charge in [-0.15, -0.1) is 0 Å². The van der Waals surface area contributed by atoms with Crippen molar-refractivity contribution in [1.29, 1.82) is 0 Å². The molecule has 0 saturated heterocycles. The molecule has 2 N–H and O–H groups in total. The second-order valence-corrected chi connectivity index (χ2v) is 4.75. The van der Waals surface area contributed by atoms with E-state index in [2.05, 4.69) is 19.4 Å². The van der Waals surface area contributed by atoms with Gasteiger partial charge in [-0.25, -0.2) is 0 Å². The highest BCUT2D eigenvalue weighted by molar-refractivity contribution is 7.00. The van der Waals surface area contributed by atoms with Crippen LogP contribution in [-0.4, -0.2) is 28.2 Å². The molecule has 2 aromatic rings. The Morgan fingerprint density at radius 1 is 1.44 bits per heavy atom. The summed E-state index contributed by atoms with van der Waals surface area (Å²) in [5.41, 5.74) is 1.95. The second-order valence-electron chi connectivity index (χ2n) is 3.81. The Balaban J connectivity index is 2.13. The third-order valence-corrected chi connectivity index (χ3v) is 3.33. The zero-order chi connectivity index (χ0) is 13.0. The van der Waals surface area contributed by atoms with E-state index in [1.54, 1.807) is 12.1 Å². The van der Waals surface area contributed by atoms with Crippen LogP contribution in [0.2, 0.25) is 5.02 Å². The van der Waals surface area contributed by atoms with Crippen LogP contribution in [0.1, 0.15) is 12.8 Å². The molecule has 0 aliphatic rings. The summed E-state index contributed by atoms with van der Waals surface area (Å²) < 4.78 is 8.26. The summed E-state index contributed by atoms with van der Waals surface area (Å²) in [4.78, 5) is 11.8. The van der Waals surface area contributed by atoms with Gasteiger partial charge >= 0.3 is 0 Å². The maximum atomic E-state index is 11.8. The first-order valence-electron chi connectivity index (χ1n) is 5.57. The number of rotatable bonds is 5. The van der Waals surface area contributed by atoms with Crippen molar-refractivity contribution in [3.05, 3.63) is 17.2 Å². The van der Waals surface area contributed by atoms with Crippen LogP contribution in [0.15, 0.2) is 12.1 Å². The Labute approximate surface area is 114 Å². The molecular formula is C11H13ClN4OS. The Hall–Kier alpha value is -1.24. The van der Waals surface area contributed by atoms with Gasteiger partial charge in [-0.3, -0.25) is 4.79 Å². The quantitative estimate of drug-likeness (QED) is 0.827. The Morgan fingerprint density at radius 3 is 3.06 bits per heavy atom. The minimum Gasteiger partial charge on any atom is -0.323 e. The Bertz CT molecular complexity index is 557. The summed E-state index contributed by atoms with van der Waals surface area (Å²) in [5.74, 6) is -0.0624. The minimum atomic E-state index is -0.0624. The van der Waals surface area contributed by atoms with Crippen LogP contribution in [0.25, 0.3) is 11.0 Å². The number of amides is 1. The predicted molar refractivity (Wildman–Crippen MR) is 74.2 cm³/mol. The van der Waals surface area contributed by atoms with Crippen LogP contribution in [-0.2, 0) is 4.79 Å². The lowest BCUT2D eigenvalue weighted by Gasteiger charge is -2.07.